The van der Waals surface area contributed by atoms with E-state index in [2.05, 4.69) is 31.8 Å². The van der Waals surface area contributed by atoms with E-state index in [-0.39, 0.29) is 42.1 Å². The molecule has 9 nitrogen and oxygen atoms in total. The fraction of sp³-hybridized carbons (Fsp3) is 0.789. The van der Waals surface area contributed by atoms with Crippen LogP contribution in [0.15, 0.2) is 47.7 Å². The lowest BCUT2D eigenvalue weighted by Crippen LogP contribution is -2.64. The molecule has 1 aromatic carbocycles. The molecule has 0 bridgehead atoms. The lowest BCUT2D eigenvalue weighted by Gasteiger charge is -2.58. The van der Waals surface area contributed by atoms with Crippen molar-refractivity contribution >= 4 is 23.6 Å². The van der Waals surface area contributed by atoms with Gasteiger partial charge < -0.3 is 34.6 Å². The molecule has 1 aromatic rings. The minimum absolute atomic E-state index is 0.0452. The average Bonchev–Trinajstić information content (AvgIpc) is 3.33. The lowest BCUT2D eigenvalue weighted by molar-refractivity contribution is -0.223. The van der Waals surface area contributed by atoms with Crippen LogP contribution in [0.1, 0.15) is 224 Å². The van der Waals surface area contributed by atoms with Crippen LogP contribution in [0, 0.1) is 17.8 Å². The van der Waals surface area contributed by atoms with Gasteiger partial charge in [-0.05, 0) is 79.9 Å². The summed E-state index contributed by atoms with van der Waals surface area (Å²) in [4.78, 5) is 18.9. The van der Waals surface area contributed by atoms with Gasteiger partial charge in [-0.25, -0.2) is 4.79 Å². The Kier molecular flexibility index (Phi) is 29.6. The third-order valence-electron chi connectivity index (χ3n) is 14.6. The number of nitrogens with one attached hydrogen (secondary N) is 1. The Morgan fingerprint density at radius 1 is 0.791 bits per heavy atom. The normalized spacial score (nSPS) is 22.4. The standard InChI is InChI=1S/C57H96N2O7S/c1-5-8-10-12-14-16-18-19-20-21-23-25-27-33-42-67-53-45-51(59-63-4)49-43-46(34-28-31-39-60)48(35-29-32-40-61)54-50-44-47(36-37-52(50)66-57(53,55(49)54)64-41-7-3)65-56(62)58-38-30-26-24-22-17-15-13-11-9-6-2/h7,36-37,43-44,46,48,53-55,60-61H,3,5-6,8-35,38-42,45H2,1-2,4H3,(H,58,62). The van der Waals surface area contributed by atoms with Gasteiger partial charge in [-0.2, -0.15) is 11.8 Å². The number of fused-ring (bicyclic) bond motifs is 2. The van der Waals surface area contributed by atoms with Crippen LogP contribution in [0.25, 0.3) is 0 Å². The zero-order chi connectivity index (χ0) is 47.8. The highest BCUT2D eigenvalue weighted by atomic mass is 32.2. The number of aliphatic hydroxyl groups excluding tert-OH is 2. The fourth-order valence-corrected chi connectivity index (χ4v) is 12.5. The molecule has 10 heteroatoms. The van der Waals surface area contributed by atoms with Crippen LogP contribution in [0.5, 0.6) is 11.5 Å². The zero-order valence-corrected chi connectivity index (χ0v) is 43.5. The SMILES string of the molecule is C=CCOC12Oc3ccc(OC(=O)NCCCCCCCCCCCC)cc3C3C(CCCCO)C(CCCCO)C=C(C(=NOC)CC1SCCCCCCCCCCCCCCCC)C32. The summed E-state index contributed by atoms with van der Waals surface area (Å²) in [6, 6.07) is 5.87. The fourth-order valence-electron chi connectivity index (χ4n) is 11.1. The Balaban J connectivity index is 1.51. The summed E-state index contributed by atoms with van der Waals surface area (Å²) in [6.07, 6.45) is 40.7. The molecular formula is C57H96N2O7S. The minimum Gasteiger partial charge on any atom is -0.460 e. The van der Waals surface area contributed by atoms with Gasteiger partial charge in [-0.15, -0.1) is 6.58 Å². The van der Waals surface area contributed by atoms with Crippen molar-refractivity contribution in [3.8, 4) is 11.5 Å². The van der Waals surface area contributed by atoms with Crippen molar-refractivity contribution in [3.63, 3.8) is 0 Å². The second kappa shape index (κ2) is 34.7. The average molecular weight is 953 g/mol. The zero-order valence-electron chi connectivity index (χ0n) is 42.7. The van der Waals surface area contributed by atoms with Gasteiger partial charge in [0, 0.05) is 37.7 Å². The molecule has 3 N–H and O–H groups in total. The molecule has 1 fully saturated rings. The smallest absolute Gasteiger partial charge is 0.412 e. The summed E-state index contributed by atoms with van der Waals surface area (Å²) in [5.74, 6) is 1.40. The number of rotatable bonds is 40. The van der Waals surface area contributed by atoms with E-state index >= 15 is 0 Å². The van der Waals surface area contributed by atoms with E-state index in [1.165, 1.54) is 135 Å². The summed E-state index contributed by atoms with van der Waals surface area (Å²) in [5.41, 5.74) is 3.08. The van der Waals surface area contributed by atoms with Crippen molar-refractivity contribution in [2.24, 2.45) is 22.9 Å². The Hall–Kier alpha value is -2.53. The number of aliphatic hydroxyl groups is 2. The maximum Gasteiger partial charge on any atom is 0.412 e. The number of carbonyl (C=O) groups is 1. The monoisotopic (exact) mass is 953 g/mol. The molecule has 1 aliphatic heterocycles. The first-order chi connectivity index (χ1) is 33.0. The van der Waals surface area contributed by atoms with E-state index < -0.39 is 11.9 Å². The first-order valence-electron chi connectivity index (χ1n) is 27.7. The van der Waals surface area contributed by atoms with Crippen molar-refractivity contribution in [2.75, 3.05) is 39.2 Å². The Bertz CT molecular complexity index is 1550. The molecule has 6 unspecified atom stereocenters. The van der Waals surface area contributed by atoms with E-state index in [1.807, 2.05) is 36.0 Å². The summed E-state index contributed by atoms with van der Waals surface area (Å²) in [6.45, 7) is 9.87. The van der Waals surface area contributed by atoms with E-state index in [1.54, 1.807) is 7.11 Å². The molecule has 0 radical (unpaired) electrons. The van der Waals surface area contributed by atoms with Crippen LogP contribution in [0.3, 0.4) is 0 Å². The molecule has 0 saturated heterocycles. The minimum atomic E-state index is -0.995. The van der Waals surface area contributed by atoms with Crippen molar-refractivity contribution in [1.29, 1.82) is 0 Å². The van der Waals surface area contributed by atoms with Crippen molar-refractivity contribution < 1.29 is 34.1 Å². The van der Waals surface area contributed by atoms with Gasteiger partial charge in [-0.3, -0.25) is 0 Å². The Labute approximate surface area is 412 Å². The van der Waals surface area contributed by atoms with E-state index in [4.69, 9.17) is 24.2 Å². The molecule has 2 aliphatic carbocycles. The number of amides is 1. The van der Waals surface area contributed by atoms with Crippen molar-refractivity contribution in [3.05, 3.63) is 48.1 Å². The Morgan fingerprint density at radius 2 is 1.36 bits per heavy atom. The summed E-state index contributed by atoms with van der Waals surface area (Å²) in [7, 11) is 1.63. The van der Waals surface area contributed by atoms with E-state index in [0.717, 1.165) is 86.1 Å². The van der Waals surface area contributed by atoms with E-state index in [9.17, 15) is 15.0 Å². The number of unbranched alkanes of at least 4 members (excludes halogenated alkanes) is 24. The van der Waals surface area contributed by atoms with Gasteiger partial charge in [-0.1, -0.05) is 185 Å². The third kappa shape index (κ3) is 19.3. The summed E-state index contributed by atoms with van der Waals surface area (Å²) >= 11 is 1.94. The van der Waals surface area contributed by atoms with Gasteiger partial charge in [0.1, 0.15) is 18.6 Å². The van der Waals surface area contributed by atoms with Crippen LogP contribution >= 0.6 is 11.8 Å². The maximum atomic E-state index is 13.2. The molecule has 1 amide bonds. The predicted octanol–water partition coefficient (Wildman–Crippen LogP) is 15.2. The highest BCUT2D eigenvalue weighted by molar-refractivity contribution is 8.00. The number of benzene rings is 1. The van der Waals surface area contributed by atoms with Crippen LogP contribution in [-0.4, -0.2) is 72.3 Å². The van der Waals surface area contributed by atoms with Gasteiger partial charge in [0.2, 0.25) is 5.79 Å². The third-order valence-corrected chi connectivity index (χ3v) is 16.1. The number of allylic oxidation sites excluding steroid dienone is 1. The molecule has 67 heavy (non-hydrogen) atoms. The number of carbonyl (C=O) groups excluding carboxylic acids is 1. The number of hydrogen-bond acceptors (Lipinski definition) is 9. The molecule has 0 spiro atoms. The molecule has 1 heterocycles. The van der Waals surface area contributed by atoms with Crippen LogP contribution in [0.2, 0.25) is 0 Å². The van der Waals surface area contributed by atoms with E-state index in [0.29, 0.717) is 25.3 Å². The van der Waals surface area contributed by atoms with Gasteiger partial charge in [0.15, 0.2) is 0 Å². The molecule has 4 rings (SSSR count). The molecule has 1 saturated carbocycles. The predicted molar refractivity (Wildman–Crippen MR) is 281 cm³/mol. The van der Waals surface area contributed by atoms with Gasteiger partial charge in [0.25, 0.3) is 0 Å². The summed E-state index contributed by atoms with van der Waals surface area (Å²) < 4.78 is 20.4. The quantitative estimate of drug-likeness (QED) is 0.0338. The highest BCUT2D eigenvalue weighted by Crippen LogP contribution is 2.62. The molecule has 382 valence electrons. The lowest BCUT2D eigenvalue weighted by atomic mass is 9.56. The van der Waals surface area contributed by atoms with Crippen LogP contribution in [-0.2, 0) is 9.57 Å². The van der Waals surface area contributed by atoms with Crippen molar-refractivity contribution in [1.82, 2.24) is 5.32 Å². The molecule has 6 atom stereocenters. The van der Waals surface area contributed by atoms with Crippen molar-refractivity contribution in [2.45, 2.75) is 230 Å². The molecular weight excluding hydrogens is 857 g/mol. The summed E-state index contributed by atoms with van der Waals surface area (Å²) in [5, 5.41) is 27.5. The van der Waals surface area contributed by atoms with Gasteiger partial charge >= 0.3 is 6.09 Å². The molecule has 0 aromatic heterocycles. The first-order valence-corrected chi connectivity index (χ1v) is 28.7. The number of nitrogens with zero attached hydrogens (tertiary/aromatic N) is 1. The highest BCUT2D eigenvalue weighted by Gasteiger charge is 2.64. The first kappa shape index (κ1) is 57.1. The number of thioether (sulfide) groups is 1. The molecule has 3 aliphatic rings. The Morgan fingerprint density at radius 3 is 1.93 bits per heavy atom. The van der Waals surface area contributed by atoms with Crippen LogP contribution in [0.4, 0.5) is 4.79 Å². The number of hydrogen-bond donors (Lipinski definition) is 3. The maximum absolute atomic E-state index is 13.2. The number of ether oxygens (including phenoxy) is 3. The topological polar surface area (TPSA) is 119 Å². The second-order valence-electron chi connectivity index (χ2n) is 19.9. The second-order valence-corrected chi connectivity index (χ2v) is 21.2. The number of oxime groups is 1. The van der Waals surface area contributed by atoms with Gasteiger partial charge in [0.05, 0.1) is 23.5 Å². The van der Waals surface area contributed by atoms with Crippen LogP contribution < -0.4 is 14.8 Å². The largest absolute Gasteiger partial charge is 0.460 e.